The third kappa shape index (κ3) is 3.15. The lowest BCUT2D eigenvalue weighted by atomic mass is 9.61. The third-order valence-corrected chi connectivity index (χ3v) is 7.44. The highest BCUT2D eigenvalue weighted by Crippen LogP contribution is 2.53. The van der Waals surface area contributed by atoms with E-state index in [-0.39, 0.29) is 17.6 Å². The van der Waals surface area contributed by atoms with Gasteiger partial charge in [0, 0.05) is 35.1 Å². The SMILES string of the molecule is CC[C@]1(c2cccc(-c3ccnc(C)c3C)c2)C2=C(CC(C)(C)NC2=O)NC2N=NC(C)=C21. The molecule has 2 N–H and O–H groups in total. The lowest BCUT2D eigenvalue weighted by molar-refractivity contribution is -0.120. The molecular weight excluding hydrogens is 410 g/mol. The lowest BCUT2D eigenvalue weighted by Crippen LogP contribution is -2.58. The summed E-state index contributed by atoms with van der Waals surface area (Å²) >= 11 is 0. The number of hydrogen-bond donors (Lipinski definition) is 2. The van der Waals surface area contributed by atoms with E-state index < -0.39 is 5.41 Å². The van der Waals surface area contributed by atoms with Gasteiger partial charge in [0.05, 0.1) is 16.7 Å². The molecule has 2 atom stereocenters. The van der Waals surface area contributed by atoms with E-state index in [9.17, 15) is 4.79 Å². The molecule has 4 heterocycles. The molecular formula is C27H31N5O. The van der Waals surface area contributed by atoms with E-state index in [0.717, 1.165) is 57.8 Å². The fraction of sp³-hybridized carbons (Fsp3) is 0.407. The molecule has 0 spiro atoms. The second-order valence-corrected chi connectivity index (χ2v) is 10.0. The van der Waals surface area contributed by atoms with Crippen LogP contribution in [0.4, 0.5) is 0 Å². The van der Waals surface area contributed by atoms with Crippen molar-refractivity contribution >= 4 is 5.91 Å². The number of azo groups is 1. The van der Waals surface area contributed by atoms with Gasteiger partial charge >= 0.3 is 0 Å². The summed E-state index contributed by atoms with van der Waals surface area (Å²) in [5.74, 6) is -0.0115. The van der Waals surface area contributed by atoms with Crippen LogP contribution in [0.5, 0.6) is 0 Å². The van der Waals surface area contributed by atoms with Crippen molar-refractivity contribution in [2.24, 2.45) is 10.2 Å². The maximum absolute atomic E-state index is 13.6. The molecule has 33 heavy (non-hydrogen) atoms. The minimum absolute atomic E-state index is 0.0115. The Hall–Kier alpha value is -3.28. The molecule has 3 aliphatic heterocycles. The Labute approximate surface area is 195 Å². The zero-order chi connectivity index (χ0) is 23.5. The normalized spacial score (nSPS) is 25.5. The van der Waals surface area contributed by atoms with Crippen molar-refractivity contribution in [1.29, 1.82) is 0 Å². The van der Waals surface area contributed by atoms with E-state index in [0.29, 0.717) is 0 Å². The summed E-state index contributed by atoms with van der Waals surface area (Å²) in [5.41, 5.74) is 8.44. The molecule has 1 aromatic carbocycles. The lowest BCUT2D eigenvalue weighted by Gasteiger charge is -2.48. The summed E-state index contributed by atoms with van der Waals surface area (Å²) in [7, 11) is 0. The third-order valence-electron chi connectivity index (χ3n) is 7.44. The summed E-state index contributed by atoms with van der Waals surface area (Å²) in [6.07, 6.45) is 3.10. The van der Waals surface area contributed by atoms with Gasteiger partial charge in [-0.2, -0.15) is 10.2 Å². The van der Waals surface area contributed by atoms with Crippen molar-refractivity contribution in [2.75, 3.05) is 0 Å². The van der Waals surface area contributed by atoms with Crippen LogP contribution in [0, 0.1) is 13.8 Å². The Morgan fingerprint density at radius 2 is 1.94 bits per heavy atom. The minimum atomic E-state index is -0.592. The topological polar surface area (TPSA) is 78.7 Å². The second-order valence-electron chi connectivity index (χ2n) is 10.0. The molecule has 0 bridgehead atoms. The van der Waals surface area contributed by atoms with Crippen LogP contribution in [0.2, 0.25) is 0 Å². The first-order chi connectivity index (χ1) is 15.7. The maximum Gasteiger partial charge on any atom is 0.250 e. The van der Waals surface area contributed by atoms with E-state index in [2.05, 4.69) is 83.9 Å². The first-order valence-electron chi connectivity index (χ1n) is 11.7. The predicted octanol–water partition coefficient (Wildman–Crippen LogP) is 5.23. The number of allylic oxidation sites excluding steroid dienone is 1. The average molecular weight is 442 g/mol. The summed E-state index contributed by atoms with van der Waals surface area (Å²) in [5, 5.41) is 15.8. The molecule has 1 amide bonds. The fourth-order valence-electron chi connectivity index (χ4n) is 5.83. The van der Waals surface area contributed by atoms with Gasteiger partial charge in [-0.1, -0.05) is 25.1 Å². The number of rotatable bonds is 3. The van der Waals surface area contributed by atoms with E-state index in [1.54, 1.807) is 0 Å². The van der Waals surface area contributed by atoms with E-state index in [1.165, 1.54) is 5.56 Å². The quantitative estimate of drug-likeness (QED) is 0.684. The zero-order valence-electron chi connectivity index (χ0n) is 20.2. The number of benzene rings is 1. The van der Waals surface area contributed by atoms with Gasteiger partial charge in [-0.25, -0.2) is 0 Å². The van der Waals surface area contributed by atoms with Crippen LogP contribution in [0.25, 0.3) is 11.1 Å². The number of carbonyl (C=O) groups excluding carboxylic acids is 1. The highest BCUT2D eigenvalue weighted by molar-refractivity contribution is 6.00. The number of aryl methyl sites for hydroxylation is 1. The molecule has 3 aliphatic rings. The van der Waals surface area contributed by atoms with Crippen molar-refractivity contribution in [3.05, 3.63) is 75.9 Å². The molecule has 0 fully saturated rings. The molecule has 5 rings (SSSR count). The van der Waals surface area contributed by atoms with E-state index in [1.807, 2.05) is 20.0 Å². The Balaban J connectivity index is 1.78. The summed E-state index contributed by atoms with van der Waals surface area (Å²) in [6, 6.07) is 10.7. The largest absolute Gasteiger partial charge is 0.362 e. The number of hydrogen-bond acceptors (Lipinski definition) is 5. The van der Waals surface area contributed by atoms with Crippen molar-refractivity contribution in [1.82, 2.24) is 15.6 Å². The van der Waals surface area contributed by atoms with Crippen LogP contribution in [-0.2, 0) is 10.2 Å². The summed E-state index contributed by atoms with van der Waals surface area (Å²) < 4.78 is 0. The number of carbonyl (C=O) groups is 1. The zero-order valence-corrected chi connectivity index (χ0v) is 20.2. The van der Waals surface area contributed by atoms with Gasteiger partial charge in [-0.15, -0.1) is 0 Å². The molecule has 2 aromatic rings. The fourth-order valence-corrected chi connectivity index (χ4v) is 5.83. The monoisotopic (exact) mass is 441 g/mol. The van der Waals surface area contributed by atoms with Crippen molar-refractivity contribution in [2.45, 2.75) is 71.5 Å². The molecule has 6 heteroatoms. The van der Waals surface area contributed by atoms with Crippen LogP contribution in [-0.4, -0.2) is 22.6 Å². The number of pyridine rings is 1. The van der Waals surface area contributed by atoms with E-state index >= 15 is 0 Å². The Bertz CT molecular complexity index is 1270. The summed E-state index contributed by atoms with van der Waals surface area (Å²) in [6.45, 7) is 12.4. The molecule has 170 valence electrons. The van der Waals surface area contributed by atoms with Crippen LogP contribution >= 0.6 is 0 Å². The Morgan fingerprint density at radius 3 is 2.70 bits per heavy atom. The van der Waals surface area contributed by atoms with Crippen molar-refractivity contribution < 1.29 is 4.79 Å². The summed E-state index contributed by atoms with van der Waals surface area (Å²) in [4.78, 5) is 18.1. The Kier molecular flexibility index (Phi) is 4.82. The van der Waals surface area contributed by atoms with Crippen molar-refractivity contribution in [3.63, 3.8) is 0 Å². The van der Waals surface area contributed by atoms with Gasteiger partial charge in [0.25, 0.3) is 5.91 Å². The molecule has 0 aliphatic carbocycles. The Morgan fingerprint density at radius 1 is 1.15 bits per heavy atom. The van der Waals surface area contributed by atoms with Gasteiger partial charge in [-0.3, -0.25) is 9.78 Å². The smallest absolute Gasteiger partial charge is 0.250 e. The van der Waals surface area contributed by atoms with Crippen LogP contribution in [0.15, 0.2) is 69.3 Å². The highest BCUT2D eigenvalue weighted by Gasteiger charge is 2.54. The number of amides is 1. The molecule has 1 aromatic heterocycles. The number of nitrogens with one attached hydrogen (secondary N) is 2. The van der Waals surface area contributed by atoms with E-state index in [4.69, 9.17) is 0 Å². The molecule has 0 saturated heterocycles. The molecule has 0 saturated carbocycles. The van der Waals surface area contributed by atoms with Gasteiger partial charge in [0.1, 0.15) is 0 Å². The van der Waals surface area contributed by atoms with Crippen molar-refractivity contribution in [3.8, 4) is 11.1 Å². The maximum atomic E-state index is 13.6. The average Bonchev–Trinajstić information content (AvgIpc) is 3.14. The van der Waals surface area contributed by atoms with Crippen LogP contribution in [0.1, 0.15) is 57.4 Å². The first kappa shape index (κ1) is 21.6. The van der Waals surface area contributed by atoms with Crippen LogP contribution < -0.4 is 10.6 Å². The minimum Gasteiger partial charge on any atom is -0.362 e. The first-order valence-corrected chi connectivity index (χ1v) is 11.7. The molecule has 6 nitrogen and oxygen atoms in total. The van der Waals surface area contributed by atoms with Gasteiger partial charge < -0.3 is 10.6 Å². The highest BCUT2D eigenvalue weighted by atomic mass is 16.2. The number of nitrogens with zero attached hydrogens (tertiary/aromatic N) is 3. The number of fused-ring (bicyclic) bond motifs is 1. The second kappa shape index (κ2) is 7.37. The van der Waals surface area contributed by atoms with Gasteiger partial charge in [0.15, 0.2) is 6.17 Å². The van der Waals surface area contributed by atoms with Gasteiger partial charge in [0.2, 0.25) is 0 Å². The standard InChI is InChI=1S/C27H31N5O/c1-7-27(19-10-8-9-18(13-19)20-11-12-28-16(3)15(20)2)22-17(4)31-32-24(22)29-21-14-26(5,6)30-25(33)23(21)27/h8-13,24,29H,7,14H2,1-6H3,(H,30,33)/t24?,27-/m1/s1. The predicted molar refractivity (Wildman–Crippen MR) is 129 cm³/mol. The molecule has 1 unspecified atom stereocenters. The number of aromatic nitrogens is 1. The van der Waals surface area contributed by atoms with Gasteiger partial charge in [-0.05, 0) is 75.4 Å². The van der Waals surface area contributed by atoms with Crippen LogP contribution in [0.3, 0.4) is 0 Å². The molecule has 0 radical (unpaired) electrons.